The lowest BCUT2D eigenvalue weighted by Crippen LogP contribution is -2.28. The summed E-state index contributed by atoms with van der Waals surface area (Å²) in [4.78, 5) is 0. The largest absolute Gasteiger partial charge is 0.229 e. The fourth-order valence-electron chi connectivity index (χ4n) is 2.77. The van der Waals surface area contributed by atoms with Crippen LogP contribution in [0.15, 0.2) is 23.8 Å². The molecule has 0 aromatic heterocycles. The Bertz CT molecular complexity index is 404. The lowest BCUT2D eigenvalue weighted by molar-refractivity contribution is 0.403. The fourth-order valence-corrected chi connectivity index (χ4v) is 3.95. The Morgan fingerprint density at radius 2 is 2.06 bits per heavy atom. The Balaban J connectivity index is 2.07. The zero-order valence-corrected chi connectivity index (χ0v) is 10.7. The summed E-state index contributed by atoms with van der Waals surface area (Å²) in [6, 6.07) is 0. The summed E-state index contributed by atoms with van der Waals surface area (Å²) in [6.07, 6.45) is 14.2. The summed E-state index contributed by atoms with van der Waals surface area (Å²) >= 11 is 0. The van der Waals surface area contributed by atoms with Gasteiger partial charge in [-0.1, -0.05) is 24.6 Å². The molecular formula is C13H20O2S. The highest BCUT2D eigenvalue weighted by Gasteiger charge is 2.29. The van der Waals surface area contributed by atoms with Gasteiger partial charge in [-0.2, -0.15) is 0 Å². The summed E-state index contributed by atoms with van der Waals surface area (Å²) < 4.78 is 23.2. The summed E-state index contributed by atoms with van der Waals surface area (Å²) in [5.74, 6) is 0.477. The molecule has 2 nitrogen and oxygen atoms in total. The molecule has 2 rings (SSSR count). The second-order valence-electron chi connectivity index (χ2n) is 5.00. The van der Waals surface area contributed by atoms with E-state index < -0.39 is 9.84 Å². The lowest BCUT2D eigenvalue weighted by atomic mass is 9.82. The number of allylic oxidation sites excluding steroid dienone is 4. The van der Waals surface area contributed by atoms with Crippen LogP contribution in [-0.4, -0.2) is 19.9 Å². The van der Waals surface area contributed by atoms with Crippen molar-refractivity contribution in [2.75, 3.05) is 6.26 Å². The quantitative estimate of drug-likeness (QED) is 0.743. The van der Waals surface area contributed by atoms with Crippen molar-refractivity contribution in [3.05, 3.63) is 23.8 Å². The van der Waals surface area contributed by atoms with E-state index in [4.69, 9.17) is 0 Å². The van der Waals surface area contributed by atoms with Crippen LogP contribution < -0.4 is 0 Å². The van der Waals surface area contributed by atoms with Gasteiger partial charge in [0, 0.05) is 6.26 Å². The maximum absolute atomic E-state index is 11.6. The Hall–Kier alpha value is -0.570. The van der Waals surface area contributed by atoms with Crippen molar-refractivity contribution in [1.82, 2.24) is 0 Å². The molecule has 2 aliphatic carbocycles. The molecule has 0 radical (unpaired) electrons. The molecule has 3 heteroatoms. The predicted octanol–water partition coefficient (Wildman–Crippen LogP) is 2.87. The molecule has 16 heavy (non-hydrogen) atoms. The van der Waals surface area contributed by atoms with Crippen molar-refractivity contribution < 1.29 is 8.42 Å². The van der Waals surface area contributed by atoms with E-state index >= 15 is 0 Å². The van der Waals surface area contributed by atoms with Gasteiger partial charge in [-0.25, -0.2) is 8.42 Å². The minimum Gasteiger partial charge on any atom is -0.229 e. The molecule has 0 aromatic rings. The van der Waals surface area contributed by atoms with Crippen molar-refractivity contribution in [2.24, 2.45) is 5.92 Å². The maximum atomic E-state index is 11.6. The molecule has 1 saturated carbocycles. The van der Waals surface area contributed by atoms with E-state index in [0.29, 0.717) is 5.92 Å². The Labute approximate surface area is 98.4 Å². The normalized spacial score (nSPS) is 31.2. The summed E-state index contributed by atoms with van der Waals surface area (Å²) in [5.41, 5.74) is 1.37. The molecule has 0 aliphatic heterocycles. The van der Waals surface area contributed by atoms with E-state index in [2.05, 4.69) is 18.2 Å². The van der Waals surface area contributed by atoms with Crippen LogP contribution >= 0.6 is 0 Å². The van der Waals surface area contributed by atoms with E-state index in [1.807, 2.05) is 0 Å². The first-order valence-electron chi connectivity index (χ1n) is 6.13. The summed E-state index contributed by atoms with van der Waals surface area (Å²) in [6.45, 7) is 0. The van der Waals surface area contributed by atoms with Gasteiger partial charge in [-0.05, 0) is 43.6 Å². The zero-order valence-electron chi connectivity index (χ0n) is 9.85. The third-order valence-corrected chi connectivity index (χ3v) is 5.37. The van der Waals surface area contributed by atoms with Gasteiger partial charge >= 0.3 is 0 Å². The van der Waals surface area contributed by atoms with Crippen molar-refractivity contribution in [3.8, 4) is 0 Å². The monoisotopic (exact) mass is 240 g/mol. The van der Waals surface area contributed by atoms with Gasteiger partial charge in [-0.3, -0.25) is 0 Å². The highest BCUT2D eigenvalue weighted by molar-refractivity contribution is 7.91. The molecule has 0 N–H and O–H groups in total. The Morgan fingerprint density at radius 1 is 1.25 bits per heavy atom. The SMILES string of the molecule is CS(=O)(=O)C1CCCC(C2=CCCC=C2)C1. The van der Waals surface area contributed by atoms with Gasteiger partial charge in [0.1, 0.15) is 9.84 Å². The van der Waals surface area contributed by atoms with Crippen LogP contribution in [0.5, 0.6) is 0 Å². The number of sulfone groups is 1. The van der Waals surface area contributed by atoms with Crippen molar-refractivity contribution in [2.45, 2.75) is 43.8 Å². The standard InChI is InChI=1S/C13H20O2S/c1-16(14,15)13-9-5-8-12(10-13)11-6-3-2-4-7-11/h3,6-7,12-13H,2,4-5,8-10H2,1H3. The number of hydrogen-bond donors (Lipinski definition) is 0. The second-order valence-corrected chi connectivity index (χ2v) is 7.32. The van der Waals surface area contributed by atoms with Crippen LogP contribution in [-0.2, 0) is 9.84 Å². The maximum Gasteiger partial charge on any atom is 0.150 e. The molecule has 0 heterocycles. The van der Waals surface area contributed by atoms with Gasteiger partial charge in [0.15, 0.2) is 0 Å². The Kier molecular flexibility index (Phi) is 3.53. The molecule has 90 valence electrons. The Morgan fingerprint density at radius 3 is 2.69 bits per heavy atom. The van der Waals surface area contributed by atoms with Crippen LogP contribution in [0, 0.1) is 5.92 Å². The van der Waals surface area contributed by atoms with Crippen molar-refractivity contribution in [1.29, 1.82) is 0 Å². The van der Waals surface area contributed by atoms with E-state index in [1.54, 1.807) is 0 Å². The van der Waals surface area contributed by atoms with E-state index in [9.17, 15) is 8.42 Å². The molecule has 0 amide bonds. The highest BCUT2D eigenvalue weighted by atomic mass is 32.2. The summed E-state index contributed by atoms with van der Waals surface area (Å²) in [5, 5.41) is -0.109. The van der Waals surface area contributed by atoms with Gasteiger partial charge in [0.25, 0.3) is 0 Å². The van der Waals surface area contributed by atoms with Gasteiger partial charge in [-0.15, -0.1) is 0 Å². The van der Waals surface area contributed by atoms with E-state index in [1.165, 1.54) is 11.8 Å². The molecular weight excluding hydrogens is 220 g/mol. The molecule has 0 spiro atoms. The van der Waals surface area contributed by atoms with Crippen LogP contribution in [0.1, 0.15) is 38.5 Å². The highest BCUT2D eigenvalue weighted by Crippen LogP contribution is 2.34. The van der Waals surface area contributed by atoms with E-state index in [-0.39, 0.29) is 5.25 Å². The van der Waals surface area contributed by atoms with Crippen LogP contribution in [0.2, 0.25) is 0 Å². The first-order chi connectivity index (χ1) is 7.57. The minimum absolute atomic E-state index is 0.109. The first-order valence-corrected chi connectivity index (χ1v) is 8.08. The third-order valence-electron chi connectivity index (χ3n) is 3.73. The van der Waals surface area contributed by atoms with Crippen molar-refractivity contribution >= 4 is 9.84 Å². The molecule has 2 unspecified atom stereocenters. The van der Waals surface area contributed by atoms with E-state index in [0.717, 1.165) is 38.5 Å². The molecule has 0 aromatic carbocycles. The van der Waals surface area contributed by atoms with Gasteiger partial charge in [0.2, 0.25) is 0 Å². The average Bonchev–Trinajstić information content (AvgIpc) is 2.29. The minimum atomic E-state index is -2.85. The molecule has 2 aliphatic rings. The number of hydrogen-bond acceptors (Lipinski definition) is 2. The smallest absolute Gasteiger partial charge is 0.150 e. The van der Waals surface area contributed by atoms with Crippen LogP contribution in [0.3, 0.4) is 0 Å². The van der Waals surface area contributed by atoms with Gasteiger partial charge < -0.3 is 0 Å². The second kappa shape index (κ2) is 4.74. The van der Waals surface area contributed by atoms with Crippen molar-refractivity contribution in [3.63, 3.8) is 0 Å². The lowest BCUT2D eigenvalue weighted by Gasteiger charge is -2.29. The molecule has 2 atom stereocenters. The number of rotatable bonds is 2. The fraction of sp³-hybridized carbons (Fsp3) is 0.692. The molecule has 0 bridgehead atoms. The predicted molar refractivity (Wildman–Crippen MR) is 67.0 cm³/mol. The third kappa shape index (κ3) is 2.76. The van der Waals surface area contributed by atoms with Gasteiger partial charge in [0.05, 0.1) is 5.25 Å². The zero-order chi connectivity index (χ0) is 11.6. The topological polar surface area (TPSA) is 34.1 Å². The first kappa shape index (κ1) is 11.9. The summed E-state index contributed by atoms with van der Waals surface area (Å²) in [7, 11) is -2.85. The van der Waals surface area contributed by atoms with Crippen LogP contribution in [0.4, 0.5) is 0 Å². The average molecular weight is 240 g/mol. The molecule has 0 saturated heterocycles. The molecule has 1 fully saturated rings. The van der Waals surface area contributed by atoms with Crippen LogP contribution in [0.25, 0.3) is 0 Å².